The number of hydrogen-bond acceptors (Lipinski definition) is 5. The van der Waals surface area contributed by atoms with E-state index in [1.807, 2.05) is 0 Å². The minimum Gasteiger partial charge on any atom is -0.489 e. The van der Waals surface area contributed by atoms with E-state index in [4.69, 9.17) is 20.4 Å². The maximum atomic E-state index is 13.8. The van der Waals surface area contributed by atoms with Crippen molar-refractivity contribution in [3.8, 4) is 17.1 Å². The van der Waals surface area contributed by atoms with Gasteiger partial charge in [0.2, 0.25) is 11.7 Å². The van der Waals surface area contributed by atoms with Crippen molar-refractivity contribution < 1.29 is 35.6 Å². The summed E-state index contributed by atoms with van der Waals surface area (Å²) in [4.78, 5) is 5.77. The number of likely N-dealkylation sites (tertiary alicyclic amines) is 1. The molecule has 7 nitrogen and oxygen atoms in total. The third-order valence-electron chi connectivity index (χ3n) is 5.73. The van der Waals surface area contributed by atoms with Gasteiger partial charge in [-0.15, -0.1) is 0 Å². The molecule has 0 unspecified atom stereocenters. The van der Waals surface area contributed by atoms with E-state index < -0.39 is 41.9 Å². The number of guanidine groups is 1. The molecule has 2 aromatic carbocycles. The highest BCUT2D eigenvalue weighted by atomic mass is 19.4. The van der Waals surface area contributed by atoms with Crippen LogP contribution in [0.1, 0.15) is 41.5 Å². The van der Waals surface area contributed by atoms with Crippen molar-refractivity contribution in [3.05, 3.63) is 71.1 Å². The first-order valence-corrected chi connectivity index (χ1v) is 11.1. The molecule has 0 amide bonds. The van der Waals surface area contributed by atoms with Crippen molar-refractivity contribution in [2.45, 2.75) is 31.2 Å². The van der Waals surface area contributed by atoms with Crippen LogP contribution in [0.5, 0.6) is 5.75 Å². The Morgan fingerprint density at radius 1 is 1.11 bits per heavy atom. The van der Waals surface area contributed by atoms with Crippen LogP contribution in [-0.4, -0.2) is 34.2 Å². The number of aromatic nitrogens is 2. The summed E-state index contributed by atoms with van der Waals surface area (Å²) < 4.78 is 91.1. The molecule has 3 N–H and O–H groups in total. The average Bonchev–Trinajstić information content (AvgIpc) is 3.51. The van der Waals surface area contributed by atoms with Gasteiger partial charge in [-0.1, -0.05) is 29.4 Å². The van der Waals surface area contributed by atoms with Crippen LogP contribution in [0.4, 0.5) is 26.3 Å². The van der Waals surface area contributed by atoms with Crippen LogP contribution < -0.4 is 10.5 Å². The van der Waals surface area contributed by atoms with E-state index >= 15 is 0 Å². The van der Waals surface area contributed by atoms with Gasteiger partial charge in [0.25, 0.3) is 0 Å². The van der Waals surface area contributed by atoms with Crippen LogP contribution >= 0.6 is 0 Å². The van der Waals surface area contributed by atoms with E-state index in [1.54, 1.807) is 4.90 Å². The zero-order valence-electron chi connectivity index (χ0n) is 19.1. The summed E-state index contributed by atoms with van der Waals surface area (Å²) in [6, 6.07) is 7.60. The number of benzene rings is 2. The van der Waals surface area contributed by atoms with E-state index in [0.29, 0.717) is 13.0 Å². The summed E-state index contributed by atoms with van der Waals surface area (Å²) >= 11 is 0. The summed E-state index contributed by atoms with van der Waals surface area (Å²) in [7, 11) is 0. The van der Waals surface area contributed by atoms with Crippen LogP contribution in [0.25, 0.3) is 17.5 Å². The van der Waals surface area contributed by atoms with Gasteiger partial charge in [0.15, 0.2) is 5.96 Å². The Kier molecular flexibility index (Phi) is 7.14. The van der Waals surface area contributed by atoms with Crippen molar-refractivity contribution in [3.63, 3.8) is 0 Å². The summed E-state index contributed by atoms with van der Waals surface area (Å²) in [6.45, 7) is 0.127. The predicted octanol–water partition coefficient (Wildman–Crippen LogP) is 5.90. The second-order valence-electron chi connectivity index (χ2n) is 8.20. The third kappa shape index (κ3) is 5.87. The Balaban J connectivity index is 1.52. The second kappa shape index (κ2) is 10.1. The van der Waals surface area contributed by atoms with Gasteiger partial charge in [-0.25, -0.2) is 0 Å². The monoisotopic (exact) mass is 525 g/mol. The molecule has 196 valence electrons. The first kappa shape index (κ1) is 26.0. The lowest BCUT2D eigenvalue weighted by Gasteiger charge is -2.21. The quantitative estimate of drug-likeness (QED) is 0.236. The highest BCUT2D eigenvalue weighted by Gasteiger charge is 2.36. The summed E-state index contributed by atoms with van der Waals surface area (Å²) in [5.74, 6) is -0.613. The van der Waals surface area contributed by atoms with E-state index in [-0.39, 0.29) is 28.8 Å². The number of halogens is 6. The SMILES string of the molecule is N=C(N)N1CCC[C@H]1c1nc(-c2ccc(OC/C=C/c3ccccc3C(F)(F)F)c(C(F)(F)F)c2)no1. The normalized spacial score (nSPS) is 16.5. The molecule has 0 saturated carbocycles. The molecule has 0 bridgehead atoms. The maximum absolute atomic E-state index is 13.8. The number of hydrogen-bond donors (Lipinski definition) is 2. The largest absolute Gasteiger partial charge is 0.489 e. The lowest BCUT2D eigenvalue weighted by Crippen LogP contribution is -2.35. The highest BCUT2D eigenvalue weighted by Crippen LogP contribution is 2.39. The smallest absolute Gasteiger partial charge is 0.419 e. The maximum Gasteiger partial charge on any atom is 0.419 e. The van der Waals surface area contributed by atoms with Crippen LogP contribution in [0.2, 0.25) is 0 Å². The molecular formula is C24H21F6N5O2. The van der Waals surface area contributed by atoms with Crippen LogP contribution in [0.3, 0.4) is 0 Å². The number of nitrogens with one attached hydrogen (secondary N) is 1. The molecule has 1 aliphatic heterocycles. The Hall–Kier alpha value is -4.03. The first-order valence-electron chi connectivity index (χ1n) is 11.1. The van der Waals surface area contributed by atoms with E-state index in [0.717, 1.165) is 30.7 Å². The van der Waals surface area contributed by atoms with Gasteiger partial charge in [-0.3, -0.25) is 5.41 Å². The lowest BCUT2D eigenvalue weighted by atomic mass is 10.1. The van der Waals surface area contributed by atoms with Crippen molar-refractivity contribution in [2.75, 3.05) is 13.2 Å². The first-order chi connectivity index (χ1) is 17.4. The van der Waals surface area contributed by atoms with Crippen LogP contribution in [0.15, 0.2) is 53.1 Å². The molecule has 4 rings (SSSR count). The zero-order chi connectivity index (χ0) is 26.8. The molecule has 0 radical (unpaired) electrons. The van der Waals surface area contributed by atoms with Crippen LogP contribution in [-0.2, 0) is 12.4 Å². The number of ether oxygens (including phenoxy) is 1. The Morgan fingerprint density at radius 3 is 2.54 bits per heavy atom. The molecular weight excluding hydrogens is 504 g/mol. The minimum absolute atomic E-state index is 0.0247. The minimum atomic E-state index is -4.79. The summed E-state index contributed by atoms with van der Waals surface area (Å²) in [5.41, 5.74) is 3.48. The fraction of sp³-hybridized carbons (Fsp3) is 0.292. The second-order valence-corrected chi connectivity index (χ2v) is 8.20. The van der Waals surface area contributed by atoms with E-state index in [1.165, 1.54) is 30.3 Å². The van der Waals surface area contributed by atoms with Gasteiger partial charge >= 0.3 is 12.4 Å². The Morgan fingerprint density at radius 2 is 1.84 bits per heavy atom. The Labute approximate surface area is 207 Å². The zero-order valence-corrected chi connectivity index (χ0v) is 19.1. The molecule has 37 heavy (non-hydrogen) atoms. The molecule has 1 atom stereocenters. The third-order valence-corrected chi connectivity index (χ3v) is 5.73. The van der Waals surface area contributed by atoms with Crippen LogP contribution in [0, 0.1) is 5.41 Å². The highest BCUT2D eigenvalue weighted by molar-refractivity contribution is 5.75. The van der Waals surface area contributed by atoms with Gasteiger partial charge in [-0.2, -0.15) is 31.3 Å². The molecule has 1 aromatic heterocycles. The molecule has 1 aliphatic rings. The van der Waals surface area contributed by atoms with Gasteiger partial charge in [0.05, 0.1) is 11.1 Å². The summed E-state index contributed by atoms with van der Waals surface area (Å²) in [6.07, 6.45) is -5.68. The fourth-order valence-electron chi connectivity index (χ4n) is 4.03. The molecule has 3 aromatic rings. The number of rotatable bonds is 6. The standard InChI is InChI=1S/C24H21F6N5O2/c25-23(26,27)16-7-2-1-5-14(16)6-4-12-36-19-10-9-15(13-17(19)24(28,29)30)20-33-21(37-34-20)18-8-3-11-35(18)22(31)32/h1-2,4-7,9-10,13,18H,3,8,11-12H2,(H3,31,32)/b6-4+/t18-/m0/s1. The van der Waals surface area contributed by atoms with Gasteiger partial charge in [0, 0.05) is 12.1 Å². The lowest BCUT2D eigenvalue weighted by molar-refractivity contribution is -0.139. The van der Waals surface area contributed by atoms with E-state index in [9.17, 15) is 26.3 Å². The summed E-state index contributed by atoms with van der Waals surface area (Å²) in [5, 5.41) is 11.4. The number of nitrogens with two attached hydrogens (primary N) is 1. The number of nitrogens with zero attached hydrogens (tertiary/aromatic N) is 3. The fourth-order valence-corrected chi connectivity index (χ4v) is 4.03. The topological polar surface area (TPSA) is 101 Å². The molecule has 1 fully saturated rings. The van der Waals surface area contributed by atoms with Gasteiger partial charge < -0.3 is 19.9 Å². The van der Waals surface area contributed by atoms with Crippen molar-refractivity contribution >= 4 is 12.0 Å². The van der Waals surface area contributed by atoms with Gasteiger partial charge in [-0.05, 0) is 48.7 Å². The molecule has 0 spiro atoms. The molecule has 0 aliphatic carbocycles. The van der Waals surface area contributed by atoms with Gasteiger partial charge in [0.1, 0.15) is 18.4 Å². The molecule has 1 saturated heterocycles. The van der Waals surface area contributed by atoms with Crippen molar-refractivity contribution in [1.29, 1.82) is 5.41 Å². The molecule has 13 heteroatoms. The predicted molar refractivity (Wildman–Crippen MR) is 121 cm³/mol. The van der Waals surface area contributed by atoms with Crippen molar-refractivity contribution in [2.24, 2.45) is 5.73 Å². The Bertz CT molecular complexity index is 1300. The number of alkyl halides is 6. The average molecular weight is 525 g/mol. The van der Waals surface area contributed by atoms with E-state index in [2.05, 4.69) is 10.1 Å². The molecule has 2 heterocycles. The van der Waals surface area contributed by atoms with Crippen molar-refractivity contribution in [1.82, 2.24) is 15.0 Å².